The molecular formula is C12H17ClN2OPd. The maximum absolute atomic E-state index is 5.50. The maximum atomic E-state index is 5.50. The van der Waals surface area contributed by atoms with E-state index in [1.54, 1.807) is 6.20 Å². The van der Waals surface area contributed by atoms with E-state index < -0.39 is 0 Å². The van der Waals surface area contributed by atoms with E-state index in [2.05, 4.69) is 51.5 Å². The van der Waals surface area contributed by atoms with Gasteiger partial charge in [-0.3, -0.25) is 4.98 Å². The van der Waals surface area contributed by atoms with Crippen molar-refractivity contribution in [3.8, 4) is 0 Å². The third-order valence-electron chi connectivity index (χ3n) is 2.33. The van der Waals surface area contributed by atoms with E-state index in [0.717, 1.165) is 5.69 Å². The topological polar surface area (TPSA) is 34.5 Å². The van der Waals surface area contributed by atoms with Crippen LogP contribution in [0.2, 0.25) is 0 Å². The van der Waals surface area contributed by atoms with Crippen molar-refractivity contribution in [2.45, 2.75) is 19.9 Å². The fourth-order valence-electron chi connectivity index (χ4n) is 1.36. The number of aromatic nitrogens is 1. The molecule has 0 N–H and O–H groups in total. The summed E-state index contributed by atoms with van der Waals surface area (Å²) in [5.74, 6) is 1.21. The van der Waals surface area contributed by atoms with Crippen LogP contribution in [0, 0.1) is 13.3 Å². The molecule has 1 aromatic rings. The van der Waals surface area contributed by atoms with Gasteiger partial charge in [0.15, 0.2) is 0 Å². The summed E-state index contributed by atoms with van der Waals surface area (Å²) >= 11 is 2.22. The van der Waals surface area contributed by atoms with E-state index in [1.807, 2.05) is 18.2 Å². The normalized spacial score (nSPS) is 17.5. The first kappa shape index (κ1) is 16.6. The Morgan fingerprint density at radius 2 is 2.12 bits per heavy atom. The number of pyridine rings is 1. The second kappa shape index (κ2) is 8.63. The zero-order chi connectivity index (χ0) is 12.0. The Bertz CT molecular complexity index is 344. The molecule has 0 amide bonds. The standard InChI is InChI=1S/C11H14N2O.CH3.ClH.Pd/c1-8(2)10-7-14-11(13-10)9-5-3-4-6-12-9;;;/h3-6,8,10H,7H2,1-2H3;1H3;1H;/q;-1;;+2/p-1/t10-;;;/m0.../s1. The minimum absolute atomic E-state index is 0. The van der Waals surface area contributed by atoms with Gasteiger partial charge in [0.2, 0.25) is 5.90 Å². The van der Waals surface area contributed by atoms with Gasteiger partial charge in [0.1, 0.15) is 12.3 Å². The number of nitrogens with zero attached hydrogens (tertiary/aromatic N) is 2. The van der Waals surface area contributed by atoms with E-state index in [1.165, 1.54) is 0 Å². The van der Waals surface area contributed by atoms with Crippen LogP contribution in [-0.4, -0.2) is 23.5 Å². The number of halogens is 1. The third kappa shape index (κ3) is 4.75. The van der Waals surface area contributed by atoms with Crippen molar-refractivity contribution >= 4 is 15.4 Å². The molecular weight excluding hydrogens is 330 g/mol. The van der Waals surface area contributed by atoms with Gasteiger partial charge in [-0.15, -0.1) is 0 Å². The quantitative estimate of drug-likeness (QED) is 0.609. The van der Waals surface area contributed by atoms with Crippen LogP contribution in [0.5, 0.6) is 0 Å². The van der Waals surface area contributed by atoms with Gasteiger partial charge in [0.25, 0.3) is 0 Å². The van der Waals surface area contributed by atoms with E-state index >= 15 is 0 Å². The molecule has 98 valence electrons. The molecule has 3 nitrogen and oxygen atoms in total. The Hall–Kier alpha value is -0.428. The van der Waals surface area contributed by atoms with Crippen LogP contribution in [0.3, 0.4) is 0 Å². The fourth-order valence-corrected chi connectivity index (χ4v) is 1.36. The molecule has 2 heterocycles. The number of hydrogen-bond donors (Lipinski definition) is 0. The summed E-state index contributed by atoms with van der Waals surface area (Å²) in [5.41, 5.74) is 0.829. The molecule has 0 unspecified atom stereocenters. The molecule has 0 spiro atoms. The zero-order valence-corrected chi connectivity index (χ0v) is 12.5. The second-order valence-corrected chi connectivity index (χ2v) is 3.77. The van der Waals surface area contributed by atoms with E-state index in [9.17, 15) is 0 Å². The van der Waals surface area contributed by atoms with Crippen molar-refractivity contribution in [3.05, 3.63) is 37.5 Å². The number of hydrogen-bond acceptors (Lipinski definition) is 3. The van der Waals surface area contributed by atoms with Crippen molar-refractivity contribution in [1.29, 1.82) is 0 Å². The summed E-state index contributed by atoms with van der Waals surface area (Å²) in [4.78, 5) is 8.69. The van der Waals surface area contributed by atoms with Crippen molar-refractivity contribution in [3.63, 3.8) is 0 Å². The molecule has 17 heavy (non-hydrogen) atoms. The van der Waals surface area contributed by atoms with Crippen LogP contribution in [0.4, 0.5) is 0 Å². The van der Waals surface area contributed by atoms with Crippen molar-refractivity contribution in [1.82, 2.24) is 4.98 Å². The molecule has 1 aromatic heterocycles. The van der Waals surface area contributed by atoms with Gasteiger partial charge in [-0.25, -0.2) is 4.99 Å². The van der Waals surface area contributed by atoms with Crippen LogP contribution >= 0.6 is 9.53 Å². The predicted molar refractivity (Wildman–Crippen MR) is 67.6 cm³/mol. The zero-order valence-electron chi connectivity index (χ0n) is 10.2. The summed E-state index contributed by atoms with van der Waals surface area (Å²) in [6.07, 6.45) is 1.75. The van der Waals surface area contributed by atoms with Gasteiger partial charge in [0, 0.05) is 6.20 Å². The third-order valence-corrected chi connectivity index (χ3v) is 2.33. The number of aliphatic imine (C=N–C) groups is 1. The van der Waals surface area contributed by atoms with Crippen LogP contribution in [-0.2, 0) is 22.9 Å². The number of ether oxygens (including phenoxy) is 1. The Balaban J connectivity index is 0.000000811. The van der Waals surface area contributed by atoms with Gasteiger partial charge >= 0.3 is 27.7 Å². The molecule has 5 heteroatoms. The van der Waals surface area contributed by atoms with Crippen LogP contribution in [0.25, 0.3) is 0 Å². The van der Waals surface area contributed by atoms with Crippen molar-refractivity contribution < 1.29 is 22.9 Å². The molecule has 0 bridgehead atoms. The first-order valence-corrected chi connectivity index (χ1v) is 7.01. The molecule has 1 aliphatic rings. The number of rotatable bonds is 2. The molecule has 0 saturated carbocycles. The SMILES string of the molecule is CC(C)[C@@H]1COC(c2ccccn2)=N1.[CH3-].[Cl][Pd+]. The van der Waals surface area contributed by atoms with Gasteiger partial charge in [-0.05, 0) is 18.1 Å². The second-order valence-electron chi connectivity index (χ2n) is 3.77. The van der Waals surface area contributed by atoms with Gasteiger partial charge < -0.3 is 12.2 Å². The van der Waals surface area contributed by atoms with E-state index in [4.69, 9.17) is 4.74 Å². The average Bonchev–Trinajstić information content (AvgIpc) is 2.82. The molecule has 0 radical (unpaired) electrons. The summed E-state index contributed by atoms with van der Waals surface area (Å²) in [5, 5.41) is 0. The molecule has 0 aliphatic carbocycles. The van der Waals surface area contributed by atoms with Crippen molar-refractivity contribution in [2.75, 3.05) is 6.61 Å². The summed E-state index contributed by atoms with van der Waals surface area (Å²) in [7, 11) is 4.49. The first-order chi connectivity index (χ1) is 7.77. The molecule has 0 aromatic carbocycles. The Kier molecular flexibility index (Phi) is 8.42. The fraction of sp³-hybridized carbons (Fsp3) is 0.417. The average molecular weight is 347 g/mol. The van der Waals surface area contributed by atoms with Crippen LogP contribution < -0.4 is 0 Å². The van der Waals surface area contributed by atoms with Gasteiger partial charge in [0.05, 0.1) is 6.04 Å². The molecule has 1 atom stereocenters. The summed E-state index contributed by atoms with van der Waals surface area (Å²) < 4.78 is 5.50. The predicted octanol–water partition coefficient (Wildman–Crippen LogP) is 3.02. The molecule has 0 saturated heterocycles. The van der Waals surface area contributed by atoms with Crippen LogP contribution in [0.1, 0.15) is 19.5 Å². The summed E-state index contributed by atoms with van der Waals surface area (Å²) in [6, 6.07) is 6.03. The molecule has 0 fully saturated rings. The Morgan fingerprint density at radius 3 is 2.59 bits per heavy atom. The summed E-state index contributed by atoms with van der Waals surface area (Å²) in [6.45, 7) is 4.99. The van der Waals surface area contributed by atoms with E-state index in [0.29, 0.717) is 18.4 Å². The van der Waals surface area contributed by atoms with Crippen LogP contribution in [0.15, 0.2) is 29.4 Å². The Labute approximate surface area is 118 Å². The molecule has 2 rings (SSSR count). The minimum atomic E-state index is 0. The monoisotopic (exact) mass is 346 g/mol. The Morgan fingerprint density at radius 1 is 1.41 bits per heavy atom. The molecule has 1 aliphatic heterocycles. The van der Waals surface area contributed by atoms with Gasteiger partial charge in [-0.2, -0.15) is 0 Å². The van der Waals surface area contributed by atoms with Gasteiger partial charge in [-0.1, -0.05) is 19.9 Å². The van der Waals surface area contributed by atoms with E-state index in [-0.39, 0.29) is 13.5 Å². The first-order valence-electron chi connectivity index (χ1n) is 5.01. The van der Waals surface area contributed by atoms with Crippen molar-refractivity contribution in [2.24, 2.45) is 10.9 Å².